The molecule has 0 saturated heterocycles. The predicted molar refractivity (Wildman–Crippen MR) is 51.2 cm³/mol. The lowest BCUT2D eigenvalue weighted by molar-refractivity contribution is -0.263. The highest BCUT2D eigenvalue weighted by Crippen LogP contribution is 2.32. The van der Waals surface area contributed by atoms with Gasteiger partial charge in [-0.15, -0.1) is 0 Å². The van der Waals surface area contributed by atoms with Crippen LogP contribution in [0.25, 0.3) is 0 Å². The van der Waals surface area contributed by atoms with Crippen LogP contribution in [0.3, 0.4) is 0 Å². The van der Waals surface area contributed by atoms with Gasteiger partial charge in [0.15, 0.2) is 5.60 Å². The molecule has 0 atom stereocenters. The summed E-state index contributed by atoms with van der Waals surface area (Å²) in [5.41, 5.74) is -2.21. The molecule has 0 aliphatic carbocycles. The molecule has 0 unspecified atom stereocenters. The number of halogens is 3. The first kappa shape index (κ1) is 15.2. The van der Waals surface area contributed by atoms with Gasteiger partial charge in [-0.25, -0.2) is 0 Å². The molecule has 0 amide bonds. The SMILES string of the molecule is CN(CCOC(C)(C)C(F)(F)F)CC(=O)O. The van der Waals surface area contributed by atoms with Crippen molar-refractivity contribution in [3.8, 4) is 0 Å². The summed E-state index contributed by atoms with van der Waals surface area (Å²) in [6.07, 6.45) is -4.43. The van der Waals surface area contributed by atoms with Gasteiger partial charge in [0.2, 0.25) is 0 Å². The number of ether oxygens (including phenoxy) is 1. The molecule has 0 spiro atoms. The molecule has 0 aromatic carbocycles. The van der Waals surface area contributed by atoms with E-state index in [1.165, 1.54) is 11.9 Å². The van der Waals surface area contributed by atoms with Crippen LogP contribution >= 0.6 is 0 Å². The zero-order chi connectivity index (χ0) is 13.0. The molecule has 0 saturated carbocycles. The highest BCUT2D eigenvalue weighted by molar-refractivity contribution is 5.68. The Morgan fingerprint density at radius 1 is 1.38 bits per heavy atom. The molecule has 0 heterocycles. The molecular weight excluding hydrogens is 227 g/mol. The van der Waals surface area contributed by atoms with Crippen molar-refractivity contribution >= 4 is 5.97 Å². The number of aliphatic carboxylic acids is 1. The summed E-state index contributed by atoms with van der Waals surface area (Å²) in [6.45, 7) is 1.60. The van der Waals surface area contributed by atoms with Crippen LogP contribution in [-0.2, 0) is 9.53 Å². The van der Waals surface area contributed by atoms with E-state index in [9.17, 15) is 18.0 Å². The molecule has 0 aliphatic heterocycles. The molecule has 0 aliphatic rings. The Balaban J connectivity index is 3.94. The molecule has 7 heteroatoms. The van der Waals surface area contributed by atoms with E-state index < -0.39 is 17.7 Å². The van der Waals surface area contributed by atoms with Crippen molar-refractivity contribution in [1.29, 1.82) is 0 Å². The van der Waals surface area contributed by atoms with Crippen LogP contribution in [-0.4, -0.2) is 54.5 Å². The number of rotatable bonds is 6. The molecule has 0 aromatic rings. The second-order valence-electron chi connectivity index (χ2n) is 3.99. The smallest absolute Gasteiger partial charge is 0.416 e. The average molecular weight is 243 g/mol. The molecule has 0 radical (unpaired) electrons. The maximum atomic E-state index is 12.3. The van der Waals surface area contributed by atoms with Crippen LogP contribution in [0.15, 0.2) is 0 Å². The zero-order valence-corrected chi connectivity index (χ0v) is 9.47. The maximum absolute atomic E-state index is 12.3. The van der Waals surface area contributed by atoms with Gasteiger partial charge in [-0.05, 0) is 20.9 Å². The van der Waals surface area contributed by atoms with Gasteiger partial charge in [-0.1, -0.05) is 0 Å². The largest absolute Gasteiger partial charge is 0.480 e. The monoisotopic (exact) mass is 243 g/mol. The fourth-order valence-electron chi connectivity index (χ4n) is 0.848. The summed E-state index contributed by atoms with van der Waals surface area (Å²) in [4.78, 5) is 11.6. The molecular formula is C9H16F3NO3. The Hall–Kier alpha value is -0.820. The van der Waals surface area contributed by atoms with E-state index in [-0.39, 0.29) is 19.7 Å². The number of carboxylic acid groups (broad SMARTS) is 1. The first-order valence-electron chi connectivity index (χ1n) is 4.67. The molecule has 4 nitrogen and oxygen atoms in total. The lowest BCUT2D eigenvalue weighted by Crippen LogP contribution is -2.43. The van der Waals surface area contributed by atoms with Gasteiger partial charge in [-0.2, -0.15) is 13.2 Å². The maximum Gasteiger partial charge on any atom is 0.416 e. The van der Waals surface area contributed by atoms with Crippen LogP contribution in [0.1, 0.15) is 13.8 Å². The van der Waals surface area contributed by atoms with Gasteiger partial charge in [0.25, 0.3) is 0 Å². The van der Waals surface area contributed by atoms with Gasteiger partial charge < -0.3 is 9.84 Å². The van der Waals surface area contributed by atoms with Crippen molar-refractivity contribution in [2.45, 2.75) is 25.6 Å². The molecule has 96 valence electrons. The van der Waals surface area contributed by atoms with E-state index in [1.54, 1.807) is 0 Å². The normalized spacial score (nSPS) is 13.2. The van der Waals surface area contributed by atoms with Crippen LogP contribution in [0, 0.1) is 0 Å². The summed E-state index contributed by atoms with van der Waals surface area (Å²) >= 11 is 0. The van der Waals surface area contributed by atoms with E-state index in [0.29, 0.717) is 0 Å². The van der Waals surface area contributed by atoms with Crippen LogP contribution < -0.4 is 0 Å². The van der Waals surface area contributed by atoms with Gasteiger partial charge >= 0.3 is 12.1 Å². The molecule has 0 aromatic heterocycles. The zero-order valence-electron chi connectivity index (χ0n) is 9.47. The Morgan fingerprint density at radius 2 is 1.88 bits per heavy atom. The number of carboxylic acids is 1. The lowest BCUT2D eigenvalue weighted by Gasteiger charge is -2.28. The van der Waals surface area contributed by atoms with Gasteiger partial charge in [0.1, 0.15) is 0 Å². The van der Waals surface area contributed by atoms with E-state index in [4.69, 9.17) is 5.11 Å². The van der Waals surface area contributed by atoms with Gasteiger partial charge in [0, 0.05) is 6.54 Å². The first-order chi connectivity index (χ1) is 7.06. The average Bonchev–Trinajstić information content (AvgIpc) is 1.99. The predicted octanol–water partition coefficient (Wildman–Crippen LogP) is 1.36. The minimum Gasteiger partial charge on any atom is -0.480 e. The topological polar surface area (TPSA) is 49.8 Å². The quantitative estimate of drug-likeness (QED) is 0.765. The fraction of sp³-hybridized carbons (Fsp3) is 0.889. The van der Waals surface area contributed by atoms with E-state index in [2.05, 4.69) is 4.74 Å². The summed E-state index contributed by atoms with van der Waals surface area (Å²) in [7, 11) is 1.50. The highest BCUT2D eigenvalue weighted by Gasteiger charge is 2.48. The number of hydrogen-bond donors (Lipinski definition) is 1. The lowest BCUT2D eigenvalue weighted by atomic mass is 10.1. The van der Waals surface area contributed by atoms with Crippen molar-refractivity contribution in [2.24, 2.45) is 0 Å². The highest BCUT2D eigenvalue weighted by atomic mass is 19.4. The fourth-order valence-corrected chi connectivity index (χ4v) is 0.848. The Bertz CT molecular complexity index is 241. The molecule has 0 bridgehead atoms. The molecule has 16 heavy (non-hydrogen) atoms. The summed E-state index contributed by atoms with van der Waals surface area (Å²) in [5, 5.41) is 8.41. The van der Waals surface area contributed by atoms with Gasteiger partial charge in [0.05, 0.1) is 13.2 Å². The van der Waals surface area contributed by atoms with E-state index >= 15 is 0 Å². The molecule has 0 fully saturated rings. The number of hydrogen-bond acceptors (Lipinski definition) is 3. The first-order valence-corrected chi connectivity index (χ1v) is 4.67. The van der Waals surface area contributed by atoms with Crippen molar-refractivity contribution in [3.05, 3.63) is 0 Å². The number of carbonyl (C=O) groups is 1. The molecule has 0 rings (SSSR count). The Labute approximate surface area is 92.0 Å². The minimum atomic E-state index is -4.43. The summed E-state index contributed by atoms with van der Waals surface area (Å²) in [5.74, 6) is -1.03. The van der Waals surface area contributed by atoms with Crippen molar-refractivity contribution < 1.29 is 27.8 Å². The number of nitrogens with zero attached hydrogens (tertiary/aromatic N) is 1. The third-order valence-electron chi connectivity index (χ3n) is 2.02. The van der Waals surface area contributed by atoms with Crippen LogP contribution in [0.4, 0.5) is 13.2 Å². The van der Waals surface area contributed by atoms with Crippen molar-refractivity contribution in [2.75, 3.05) is 26.7 Å². The van der Waals surface area contributed by atoms with Crippen LogP contribution in [0.2, 0.25) is 0 Å². The Morgan fingerprint density at radius 3 is 2.25 bits per heavy atom. The Kier molecular flexibility index (Phi) is 5.21. The second kappa shape index (κ2) is 5.49. The van der Waals surface area contributed by atoms with Crippen molar-refractivity contribution in [1.82, 2.24) is 4.90 Å². The van der Waals surface area contributed by atoms with E-state index in [1.807, 2.05) is 0 Å². The van der Waals surface area contributed by atoms with Crippen LogP contribution in [0.5, 0.6) is 0 Å². The third-order valence-corrected chi connectivity index (χ3v) is 2.02. The number of likely N-dealkylation sites (N-methyl/N-ethyl adjacent to an activating group) is 1. The summed E-state index contributed by atoms with van der Waals surface area (Å²) in [6, 6.07) is 0. The summed E-state index contributed by atoms with van der Waals surface area (Å²) < 4.78 is 41.7. The second-order valence-corrected chi connectivity index (χ2v) is 3.99. The molecule has 1 N–H and O–H groups in total. The standard InChI is InChI=1S/C9H16F3NO3/c1-8(2,9(10,11)12)16-5-4-13(3)6-7(14)15/h4-6H2,1-3H3,(H,14,15). The van der Waals surface area contributed by atoms with E-state index in [0.717, 1.165) is 13.8 Å². The number of alkyl halides is 3. The van der Waals surface area contributed by atoms with Crippen molar-refractivity contribution in [3.63, 3.8) is 0 Å². The minimum absolute atomic E-state index is 0.131. The third kappa shape index (κ3) is 5.32. The van der Waals surface area contributed by atoms with Gasteiger partial charge in [-0.3, -0.25) is 9.69 Å².